The molecule has 1 N–H and O–H groups in total. The predicted octanol–water partition coefficient (Wildman–Crippen LogP) is 4.74. The van der Waals surface area contributed by atoms with Crippen molar-refractivity contribution in [2.75, 3.05) is 17.4 Å². The second-order valence-corrected chi connectivity index (χ2v) is 10.7. The minimum absolute atomic E-state index is 0.00950. The van der Waals surface area contributed by atoms with Crippen LogP contribution in [0.2, 0.25) is 10.0 Å². The van der Waals surface area contributed by atoms with E-state index in [9.17, 15) is 18.0 Å². The van der Waals surface area contributed by atoms with Crippen LogP contribution in [0.25, 0.3) is 0 Å². The molecule has 0 aliphatic rings. The van der Waals surface area contributed by atoms with Gasteiger partial charge in [0, 0.05) is 13.1 Å². The van der Waals surface area contributed by atoms with E-state index < -0.39 is 28.5 Å². The van der Waals surface area contributed by atoms with Crippen LogP contribution >= 0.6 is 23.2 Å². The van der Waals surface area contributed by atoms with E-state index in [-0.39, 0.29) is 33.1 Å². The quantitative estimate of drug-likeness (QED) is 0.397. The van der Waals surface area contributed by atoms with Crippen molar-refractivity contribution in [1.82, 2.24) is 10.2 Å². The van der Waals surface area contributed by atoms with E-state index >= 15 is 0 Å². The van der Waals surface area contributed by atoms with Gasteiger partial charge in [-0.05, 0) is 49.7 Å². The molecule has 0 saturated heterocycles. The Morgan fingerprint density at radius 2 is 1.53 bits per heavy atom. The van der Waals surface area contributed by atoms with Gasteiger partial charge in [0.2, 0.25) is 11.8 Å². The maximum absolute atomic E-state index is 13.7. The molecule has 0 spiro atoms. The molecule has 0 heterocycles. The van der Waals surface area contributed by atoms with Crippen LogP contribution in [0.1, 0.15) is 19.4 Å². The molecule has 7 nitrogen and oxygen atoms in total. The maximum atomic E-state index is 13.7. The molecule has 2 amide bonds. The van der Waals surface area contributed by atoms with Gasteiger partial charge < -0.3 is 10.2 Å². The summed E-state index contributed by atoms with van der Waals surface area (Å²) < 4.78 is 28.3. The number of amides is 2. The van der Waals surface area contributed by atoms with Gasteiger partial charge in [-0.1, -0.05) is 71.7 Å². The van der Waals surface area contributed by atoms with Crippen LogP contribution in [-0.2, 0) is 26.2 Å². The van der Waals surface area contributed by atoms with Gasteiger partial charge in [0.1, 0.15) is 12.6 Å². The summed E-state index contributed by atoms with van der Waals surface area (Å²) in [5, 5.41) is 3.12. The van der Waals surface area contributed by atoms with Crippen LogP contribution in [0.15, 0.2) is 83.8 Å². The van der Waals surface area contributed by atoms with E-state index in [0.717, 1.165) is 9.87 Å². The van der Waals surface area contributed by atoms with Gasteiger partial charge in [0.25, 0.3) is 10.0 Å². The number of rotatable bonds is 10. The van der Waals surface area contributed by atoms with Crippen LogP contribution in [0.5, 0.6) is 0 Å². The predicted molar refractivity (Wildman–Crippen MR) is 143 cm³/mol. The van der Waals surface area contributed by atoms with Crippen molar-refractivity contribution >= 4 is 50.7 Å². The van der Waals surface area contributed by atoms with Gasteiger partial charge in [-0.25, -0.2) is 8.42 Å². The Hall–Kier alpha value is -3.07. The number of nitrogens with zero attached hydrogens (tertiary/aromatic N) is 2. The number of halogens is 2. The van der Waals surface area contributed by atoms with Crippen molar-refractivity contribution in [2.45, 2.75) is 31.3 Å². The van der Waals surface area contributed by atoms with Crippen LogP contribution in [0.4, 0.5) is 5.69 Å². The number of hydrogen-bond acceptors (Lipinski definition) is 4. The maximum Gasteiger partial charge on any atom is 0.264 e. The van der Waals surface area contributed by atoms with Crippen molar-refractivity contribution in [3.63, 3.8) is 0 Å². The number of carbonyl (C=O) groups is 2. The Kier molecular flexibility index (Phi) is 9.37. The number of hydrogen-bond donors (Lipinski definition) is 1. The highest BCUT2D eigenvalue weighted by Crippen LogP contribution is 2.30. The lowest BCUT2D eigenvalue weighted by Crippen LogP contribution is -2.51. The molecule has 0 saturated carbocycles. The SMILES string of the molecule is CCNC(=O)[C@@H](C)N(Cc1ccccc1)C(=O)CN(c1ccc(Cl)c(Cl)c1)S(=O)(=O)c1ccccc1. The van der Waals surface area contributed by atoms with Crippen molar-refractivity contribution in [1.29, 1.82) is 0 Å². The number of anilines is 1. The second-order valence-electron chi connectivity index (χ2n) is 8.00. The van der Waals surface area contributed by atoms with Gasteiger partial charge in [0.15, 0.2) is 0 Å². The fourth-order valence-corrected chi connectivity index (χ4v) is 5.29. The first-order chi connectivity index (χ1) is 17.1. The molecule has 190 valence electrons. The Balaban J connectivity index is 2.03. The minimum atomic E-state index is -4.16. The molecule has 0 aliphatic heterocycles. The van der Waals surface area contributed by atoms with Crippen molar-refractivity contribution in [3.05, 3.63) is 94.5 Å². The van der Waals surface area contributed by atoms with Gasteiger partial charge in [0.05, 0.1) is 20.6 Å². The van der Waals surface area contributed by atoms with Crippen LogP contribution in [-0.4, -0.2) is 44.3 Å². The standard InChI is InChI=1S/C26H27Cl2N3O4S/c1-3-29-26(33)19(2)30(17-20-10-6-4-7-11-20)25(32)18-31(21-14-15-23(27)24(28)16-21)36(34,35)22-12-8-5-9-13-22/h4-16,19H,3,17-18H2,1-2H3,(H,29,33)/t19-/m1/s1. The van der Waals surface area contributed by atoms with Crippen LogP contribution in [0.3, 0.4) is 0 Å². The molecule has 0 aliphatic carbocycles. The van der Waals surface area contributed by atoms with Crippen molar-refractivity contribution < 1.29 is 18.0 Å². The van der Waals surface area contributed by atoms with E-state index in [4.69, 9.17) is 23.2 Å². The van der Waals surface area contributed by atoms with Gasteiger partial charge in [-0.15, -0.1) is 0 Å². The van der Waals surface area contributed by atoms with E-state index in [1.165, 1.54) is 35.2 Å². The molecule has 3 aromatic rings. The van der Waals surface area contributed by atoms with Gasteiger partial charge in [-0.2, -0.15) is 0 Å². The van der Waals surface area contributed by atoms with Gasteiger partial charge in [-0.3, -0.25) is 13.9 Å². The number of likely N-dealkylation sites (N-methyl/N-ethyl adjacent to an activating group) is 1. The summed E-state index contributed by atoms with van der Waals surface area (Å²) in [4.78, 5) is 27.7. The highest BCUT2D eigenvalue weighted by molar-refractivity contribution is 7.92. The Bertz CT molecular complexity index is 1310. The summed E-state index contributed by atoms with van der Waals surface area (Å²) in [6, 6.07) is 20.5. The molecule has 0 fully saturated rings. The molecule has 0 unspecified atom stereocenters. The van der Waals surface area contributed by atoms with E-state index in [1.54, 1.807) is 32.0 Å². The largest absolute Gasteiger partial charge is 0.355 e. The topological polar surface area (TPSA) is 86.8 Å². The summed E-state index contributed by atoms with van der Waals surface area (Å²) in [6.07, 6.45) is 0. The third-order valence-corrected chi connectivity index (χ3v) is 8.04. The van der Waals surface area contributed by atoms with Gasteiger partial charge >= 0.3 is 0 Å². The monoisotopic (exact) mass is 547 g/mol. The van der Waals surface area contributed by atoms with E-state index in [1.807, 2.05) is 30.3 Å². The lowest BCUT2D eigenvalue weighted by Gasteiger charge is -2.32. The molecule has 3 rings (SSSR count). The average molecular weight is 548 g/mol. The fraction of sp³-hybridized carbons (Fsp3) is 0.231. The number of nitrogens with one attached hydrogen (secondary N) is 1. The Morgan fingerprint density at radius 1 is 0.917 bits per heavy atom. The summed E-state index contributed by atoms with van der Waals surface area (Å²) in [5.41, 5.74) is 0.973. The normalized spacial score (nSPS) is 12.0. The molecule has 10 heteroatoms. The summed E-state index contributed by atoms with van der Waals surface area (Å²) >= 11 is 12.2. The number of carbonyl (C=O) groups excluding carboxylic acids is 2. The highest BCUT2D eigenvalue weighted by atomic mass is 35.5. The molecular formula is C26H27Cl2N3O4S. The molecule has 3 aromatic carbocycles. The summed E-state index contributed by atoms with van der Waals surface area (Å²) in [7, 11) is -4.16. The average Bonchev–Trinajstić information content (AvgIpc) is 2.88. The number of sulfonamides is 1. The fourth-order valence-electron chi connectivity index (χ4n) is 3.57. The minimum Gasteiger partial charge on any atom is -0.355 e. The zero-order valence-corrected chi connectivity index (χ0v) is 22.2. The highest BCUT2D eigenvalue weighted by Gasteiger charge is 2.32. The third-order valence-electron chi connectivity index (χ3n) is 5.52. The molecule has 1 atom stereocenters. The van der Waals surface area contributed by atoms with E-state index in [0.29, 0.717) is 6.54 Å². The first-order valence-corrected chi connectivity index (χ1v) is 13.5. The van der Waals surface area contributed by atoms with Crippen LogP contribution < -0.4 is 9.62 Å². The number of benzene rings is 3. The van der Waals surface area contributed by atoms with E-state index in [2.05, 4.69) is 5.32 Å². The Morgan fingerprint density at radius 3 is 2.11 bits per heavy atom. The lowest BCUT2D eigenvalue weighted by atomic mass is 10.1. The third kappa shape index (κ3) is 6.57. The molecule has 0 radical (unpaired) electrons. The zero-order valence-electron chi connectivity index (χ0n) is 19.9. The smallest absolute Gasteiger partial charge is 0.264 e. The van der Waals surface area contributed by atoms with Crippen molar-refractivity contribution in [2.24, 2.45) is 0 Å². The summed E-state index contributed by atoms with van der Waals surface area (Å²) in [6.45, 7) is 3.37. The molecule has 0 aromatic heterocycles. The molecule has 0 bridgehead atoms. The first kappa shape index (κ1) is 27.5. The summed E-state index contributed by atoms with van der Waals surface area (Å²) in [5.74, 6) is -0.892. The molecule has 36 heavy (non-hydrogen) atoms. The lowest BCUT2D eigenvalue weighted by molar-refractivity contribution is -0.139. The van der Waals surface area contributed by atoms with Crippen molar-refractivity contribution in [3.8, 4) is 0 Å². The zero-order chi connectivity index (χ0) is 26.3. The first-order valence-electron chi connectivity index (χ1n) is 11.3. The molecular weight excluding hydrogens is 521 g/mol. The second kappa shape index (κ2) is 12.3. The van der Waals surface area contributed by atoms with Crippen LogP contribution in [0, 0.1) is 0 Å². The Labute approximate surface area is 221 Å².